The zero-order chi connectivity index (χ0) is 20.9. The second-order valence-electron chi connectivity index (χ2n) is 6.66. The topological polar surface area (TPSA) is 111 Å². The molecule has 0 fully saturated rings. The summed E-state index contributed by atoms with van der Waals surface area (Å²) in [4.78, 5) is 25.0. The van der Waals surface area contributed by atoms with E-state index < -0.39 is 5.91 Å². The van der Waals surface area contributed by atoms with Crippen molar-refractivity contribution in [1.82, 2.24) is 20.3 Å². The summed E-state index contributed by atoms with van der Waals surface area (Å²) in [5.74, 6) is 1.88. The fraction of sp³-hybridized carbons (Fsp3) is 0.300. The maximum atomic E-state index is 12.8. The van der Waals surface area contributed by atoms with E-state index in [1.807, 2.05) is 30.3 Å². The molecule has 1 aromatic carbocycles. The molecule has 2 aromatic heterocycles. The van der Waals surface area contributed by atoms with Crippen LogP contribution in [0.3, 0.4) is 0 Å². The van der Waals surface area contributed by atoms with Gasteiger partial charge in [0, 0.05) is 42.4 Å². The number of carbonyl (C=O) groups is 2. The highest BCUT2D eigenvalue weighted by Crippen LogP contribution is 2.35. The molecular formula is C20H21N5O4S. The number of methoxy groups -OCH3 is 1. The second-order valence-corrected chi connectivity index (χ2v) is 7.65. The van der Waals surface area contributed by atoms with E-state index in [1.165, 1.54) is 4.68 Å². The highest BCUT2D eigenvalue weighted by atomic mass is 32.2. The molecule has 3 aromatic rings. The zero-order valence-electron chi connectivity index (χ0n) is 16.4. The Kier molecular flexibility index (Phi) is 6.15. The lowest BCUT2D eigenvalue weighted by Gasteiger charge is -2.10. The largest absolute Gasteiger partial charge is 0.383 e. The first-order chi connectivity index (χ1) is 14.7. The van der Waals surface area contributed by atoms with E-state index >= 15 is 0 Å². The summed E-state index contributed by atoms with van der Waals surface area (Å²) in [7, 11) is 1.57. The van der Waals surface area contributed by atoms with Gasteiger partial charge in [0.1, 0.15) is 12.4 Å². The molecule has 9 nitrogen and oxygen atoms in total. The lowest BCUT2D eigenvalue weighted by Crippen LogP contribution is -2.31. The maximum absolute atomic E-state index is 12.8. The van der Waals surface area contributed by atoms with E-state index in [-0.39, 0.29) is 18.1 Å². The standard InChI is InChI=1S/C20H21N5O4S/c1-28-8-7-21-18(26)10-25-19(14-11-30-12-16(14)23-25)22-20(27)15-9-17(29-24-15)13-5-3-2-4-6-13/h2-6,9H,7-8,10-12H2,1H3,(H,21,26)(H,22,27). The van der Waals surface area contributed by atoms with Gasteiger partial charge in [0.25, 0.3) is 5.91 Å². The van der Waals surface area contributed by atoms with Crippen LogP contribution < -0.4 is 10.6 Å². The highest BCUT2D eigenvalue weighted by molar-refractivity contribution is 7.98. The van der Waals surface area contributed by atoms with Crippen molar-refractivity contribution in [3.8, 4) is 11.3 Å². The Morgan fingerprint density at radius 1 is 1.27 bits per heavy atom. The van der Waals surface area contributed by atoms with Gasteiger partial charge in [0.2, 0.25) is 5.91 Å². The average Bonchev–Trinajstić information content (AvgIpc) is 3.47. The van der Waals surface area contributed by atoms with E-state index in [4.69, 9.17) is 9.26 Å². The number of rotatable bonds is 8. The molecule has 0 bridgehead atoms. The number of fused-ring (bicyclic) bond motifs is 1. The predicted octanol–water partition coefficient (Wildman–Crippen LogP) is 2.30. The summed E-state index contributed by atoms with van der Waals surface area (Å²) < 4.78 is 11.8. The third-order valence-corrected chi connectivity index (χ3v) is 5.54. The number of carbonyl (C=O) groups excluding carboxylic acids is 2. The number of nitrogens with one attached hydrogen (secondary N) is 2. The van der Waals surface area contributed by atoms with Gasteiger partial charge in [-0.3, -0.25) is 9.59 Å². The zero-order valence-corrected chi connectivity index (χ0v) is 17.2. The van der Waals surface area contributed by atoms with Gasteiger partial charge in [-0.25, -0.2) is 4.68 Å². The van der Waals surface area contributed by atoms with Gasteiger partial charge in [-0.2, -0.15) is 16.9 Å². The lowest BCUT2D eigenvalue weighted by atomic mass is 10.1. The minimum atomic E-state index is -0.415. The van der Waals surface area contributed by atoms with Crippen molar-refractivity contribution >= 4 is 29.4 Å². The predicted molar refractivity (Wildman–Crippen MR) is 112 cm³/mol. The molecule has 0 atom stereocenters. The monoisotopic (exact) mass is 427 g/mol. The van der Waals surface area contributed by atoms with Gasteiger partial charge < -0.3 is 19.9 Å². The summed E-state index contributed by atoms with van der Waals surface area (Å²) in [6.07, 6.45) is 0. The summed E-state index contributed by atoms with van der Waals surface area (Å²) in [5, 5.41) is 14.0. The Balaban J connectivity index is 1.50. The Labute approximate surface area is 177 Å². The Hall–Kier alpha value is -3.11. The molecule has 4 rings (SSSR count). The fourth-order valence-electron chi connectivity index (χ4n) is 3.10. The minimum Gasteiger partial charge on any atom is -0.383 e. The molecule has 0 saturated heterocycles. The summed E-state index contributed by atoms with van der Waals surface area (Å²) >= 11 is 1.71. The SMILES string of the molecule is COCCNC(=O)Cn1nc2c(c1NC(=O)c1cc(-c3ccccc3)on1)CSC2. The van der Waals surface area contributed by atoms with Crippen molar-refractivity contribution in [2.24, 2.45) is 0 Å². The number of thioether (sulfide) groups is 1. The van der Waals surface area contributed by atoms with E-state index in [1.54, 1.807) is 24.9 Å². The molecule has 10 heteroatoms. The van der Waals surface area contributed by atoms with Crippen molar-refractivity contribution in [2.45, 2.75) is 18.1 Å². The molecule has 156 valence electrons. The van der Waals surface area contributed by atoms with Crippen LogP contribution in [-0.2, 0) is 27.6 Å². The van der Waals surface area contributed by atoms with E-state index in [9.17, 15) is 9.59 Å². The number of benzene rings is 1. The van der Waals surface area contributed by atoms with E-state index in [0.29, 0.717) is 24.7 Å². The van der Waals surface area contributed by atoms with Crippen LogP contribution in [0.15, 0.2) is 40.9 Å². The summed E-state index contributed by atoms with van der Waals surface area (Å²) in [6.45, 7) is 0.845. The van der Waals surface area contributed by atoms with Crippen molar-refractivity contribution in [2.75, 3.05) is 25.6 Å². The van der Waals surface area contributed by atoms with Crippen molar-refractivity contribution in [3.63, 3.8) is 0 Å². The smallest absolute Gasteiger partial charge is 0.279 e. The second kappa shape index (κ2) is 9.14. The number of ether oxygens (including phenoxy) is 1. The van der Waals surface area contributed by atoms with Crippen LogP contribution in [-0.4, -0.2) is 47.0 Å². The number of aromatic nitrogens is 3. The van der Waals surface area contributed by atoms with Crippen LogP contribution in [0.4, 0.5) is 5.82 Å². The minimum absolute atomic E-state index is 0.00503. The first kappa shape index (κ1) is 20.2. The number of hydrogen-bond donors (Lipinski definition) is 2. The molecule has 3 heterocycles. The first-order valence-corrected chi connectivity index (χ1v) is 10.6. The molecule has 0 saturated carbocycles. The quantitative estimate of drug-likeness (QED) is 0.531. The van der Waals surface area contributed by atoms with Crippen LogP contribution in [0, 0.1) is 0 Å². The molecule has 2 amide bonds. The van der Waals surface area contributed by atoms with Crippen molar-refractivity contribution < 1.29 is 18.8 Å². The molecule has 30 heavy (non-hydrogen) atoms. The van der Waals surface area contributed by atoms with Crippen LogP contribution in [0.25, 0.3) is 11.3 Å². The van der Waals surface area contributed by atoms with Crippen molar-refractivity contribution in [1.29, 1.82) is 0 Å². The molecule has 0 spiro atoms. The molecule has 0 radical (unpaired) electrons. The highest BCUT2D eigenvalue weighted by Gasteiger charge is 2.26. The summed E-state index contributed by atoms with van der Waals surface area (Å²) in [5.41, 5.74) is 2.81. The van der Waals surface area contributed by atoms with Gasteiger partial charge in [0.15, 0.2) is 11.5 Å². The fourth-order valence-corrected chi connectivity index (χ4v) is 4.13. The summed E-state index contributed by atoms with van der Waals surface area (Å²) in [6, 6.07) is 11.0. The molecule has 0 aliphatic carbocycles. The molecule has 1 aliphatic heterocycles. The van der Waals surface area contributed by atoms with Crippen LogP contribution in [0.1, 0.15) is 21.7 Å². The van der Waals surface area contributed by atoms with Gasteiger partial charge in [0.05, 0.1) is 12.3 Å². The van der Waals surface area contributed by atoms with Gasteiger partial charge >= 0.3 is 0 Å². The third-order valence-electron chi connectivity index (χ3n) is 4.57. The van der Waals surface area contributed by atoms with Gasteiger partial charge in [-0.15, -0.1) is 0 Å². The van der Waals surface area contributed by atoms with Crippen LogP contribution >= 0.6 is 11.8 Å². The number of anilines is 1. The first-order valence-electron chi connectivity index (χ1n) is 9.41. The molecule has 2 N–H and O–H groups in total. The maximum Gasteiger partial charge on any atom is 0.279 e. The van der Waals surface area contributed by atoms with E-state index in [0.717, 1.165) is 28.3 Å². The van der Waals surface area contributed by atoms with Gasteiger partial charge in [-0.05, 0) is 0 Å². The lowest BCUT2D eigenvalue weighted by molar-refractivity contribution is -0.122. The van der Waals surface area contributed by atoms with Gasteiger partial charge in [-0.1, -0.05) is 35.5 Å². The van der Waals surface area contributed by atoms with Crippen LogP contribution in [0.2, 0.25) is 0 Å². The third kappa shape index (κ3) is 4.39. The Morgan fingerprint density at radius 2 is 2.10 bits per heavy atom. The van der Waals surface area contributed by atoms with E-state index in [2.05, 4.69) is 20.9 Å². The number of amides is 2. The Bertz CT molecular complexity index is 1050. The normalized spacial score (nSPS) is 12.6. The number of hydrogen-bond acceptors (Lipinski definition) is 7. The van der Waals surface area contributed by atoms with Crippen molar-refractivity contribution in [3.05, 3.63) is 53.3 Å². The molecule has 0 unspecified atom stereocenters. The molecular weight excluding hydrogens is 406 g/mol. The average molecular weight is 427 g/mol. The Morgan fingerprint density at radius 3 is 2.90 bits per heavy atom. The number of nitrogens with zero attached hydrogens (tertiary/aromatic N) is 3. The van der Waals surface area contributed by atoms with Crippen LogP contribution in [0.5, 0.6) is 0 Å². The molecule has 1 aliphatic rings.